The van der Waals surface area contributed by atoms with Crippen molar-refractivity contribution in [1.82, 2.24) is 74.1 Å². The number of hydrogen-bond acceptors (Lipinski definition) is 27. The lowest BCUT2D eigenvalue weighted by Crippen LogP contribution is -2.29. The Morgan fingerprint density at radius 1 is 0.490 bits per heavy atom. The van der Waals surface area contributed by atoms with Gasteiger partial charge in [-0.2, -0.15) is 9.97 Å². The van der Waals surface area contributed by atoms with Crippen molar-refractivity contribution in [1.29, 1.82) is 0 Å². The molecule has 30 heteroatoms. The molecule has 0 radical (unpaired) electrons. The van der Waals surface area contributed by atoms with Gasteiger partial charge in [0.25, 0.3) is 34.3 Å². The molecular formula is C74H73N21O9. The van der Waals surface area contributed by atoms with Gasteiger partial charge < -0.3 is 61.9 Å². The molecule has 3 saturated carbocycles. The Balaban J connectivity index is 0.000000139. The molecule has 9 aromatic heterocycles. The Hall–Kier alpha value is -12.7. The van der Waals surface area contributed by atoms with Gasteiger partial charge in [0, 0.05) is 77.4 Å². The number of rotatable bonds is 17. The molecule has 0 spiro atoms. The number of anilines is 6. The van der Waals surface area contributed by atoms with Crippen molar-refractivity contribution in [2.24, 2.45) is 0 Å². The van der Waals surface area contributed by atoms with Gasteiger partial charge in [-0.15, -0.1) is 10.2 Å². The zero-order valence-corrected chi connectivity index (χ0v) is 57.6. The molecule has 0 saturated heterocycles. The fraction of sp³-hybridized carbons (Fsp3) is 0.311. The number of nitrogens with zero attached hydrogens (tertiary/aromatic N) is 15. The first-order chi connectivity index (χ1) is 50.5. The highest BCUT2D eigenvalue weighted by Crippen LogP contribution is 2.42. The van der Waals surface area contributed by atoms with Crippen molar-refractivity contribution in [2.75, 3.05) is 53.0 Å². The van der Waals surface area contributed by atoms with E-state index in [1.165, 1.54) is 0 Å². The van der Waals surface area contributed by atoms with Crippen LogP contribution in [-0.4, -0.2) is 109 Å². The first-order valence-electron chi connectivity index (χ1n) is 33.9. The molecule has 9 heterocycles. The van der Waals surface area contributed by atoms with Crippen LogP contribution in [0.1, 0.15) is 160 Å². The van der Waals surface area contributed by atoms with Crippen LogP contribution in [0.3, 0.4) is 0 Å². The molecule has 3 aliphatic rings. The first kappa shape index (κ1) is 69.8. The zero-order chi connectivity index (χ0) is 72.9. The van der Waals surface area contributed by atoms with Crippen LogP contribution in [0.15, 0.2) is 119 Å². The molecule has 30 nitrogen and oxygen atoms in total. The third-order valence-electron chi connectivity index (χ3n) is 17.5. The summed E-state index contributed by atoms with van der Waals surface area (Å²) in [4.78, 5) is 77.8. The Kier molecular flexibility index (Phi) is 20.3. The minimum absolute atomic E-state index is 0.0781. The lowest BCUT2D eigenvalue weighted by molar-refractivity contribution is 0.350. The number of benzene rings is 3. The minimum Gasteiger partial charge on any atom is -0.421 e. The van der Waals surface area contributed by atoms with Crippen LogP contribution in [0.25, 0.3) is 67.1 Å². The number of nitrogen functional groups attached to an aromatic ring is 3. The number of fused-ring (bicyclic) bond motifs is 3. The number of nitrogens with two attached hydrogens (primary N) is 3. The predicted octanol–water partition coefficient (Wildman–Crippen LogP) is 8.53. The van der Waals surface area contributed by atoms with Crippen LogP contribution in [0, 0.1) is 56.3 Å². The third-order valence-corrected chi connectivity index (χ3v) is 17.5. The number of pyridine rings is 3. The van der Waals surface area contributed by atoms with Crippen molar-refractivity contribution >= 4 is 67.2 Å². The number of aryl methyl sites for hydroxylation is 3. The van der Waals surface area contributed by atoms with E-state index in [0.29, 0.717) is 148 Å². The summed E-state index contributed by atoms with van der Waals surface area (Å²) < 4.78 is 21.6. The summed E-state index contributed by atoms with van der Waals surface area (Å²) in [5, 5.41) is 54.7. The van der Waals surface area contributed by atoms with E-state index in [1.54, 1.807) is 114 Å². The van der Waals surface area contributed by atoms with Crippen LogP contribution < -0.4 is 49.8 Å². The van der Waals surface area contributed by atoms with E-state index in [9.17, 15) is 14.4 Å². The van der Waals surface area contributed by atoms with Gasteiger partial charge in [0.05, 0.1) is 50.8 Å². The number of aliphatic hydroxyl groups excluding tert-OH is 3. The maximum atomic E-state index is 13.7. The molecule has 15 rings (SSSR count). The second kappa shape index (κ2) is 30.3. The van der Waals surface area contributed by atoms with E-state index in [4.69, 9.17) is 60.9 Å². The van der Waals surface area contributed by atoms with Crippen LogP contribution in [-0.2, 0) is 0 Å². The van der Waals surface area contributed by atoms with Gasteiger partial charge in [0.15, 0.2) is 11.6 Å². The summed E-state index contributed by atoms with van der Waals surface area (Å²) >= 11 is 0. The first-order valence-corrected chi connectivity index (χ1v) is 33.9. The fourth-order valence-electron chi connectivity index (χ4n) is 12.3. The molecule has 528 valence electrons. The van der Waals surface area contributed by atoms with Crippen molar-refractivity contribution < 1.29 is 28.8 Å². The van der Waals surface area contributed by atoms with Gasteiger partial charge in [-0.3, -0.25) is 28.1 Å². The molecular weight excluding hydrogens is 1330 g/mol. The average molecular weight is 1400 g/mol. The van der Waals surface area contributed by atoms with E-state index in [1.807, 2.05) is 32.9 Å². The predicted molar refractivity (Wildman–Crippen MR) is 390 cm³/mol. The van der Waals surface area contributed by atoms with E-state index >= 15 is 0 Å². The second-order valence-corrected chi connectivity index (χ2v) is 25.0. The maximum absolute atomic E-state index is 13.7. The topological polar surface area (TPSA) is 435 Å². The summed E-state index contributed by atoms with van der Waals surface area (Å²) in [6.07, 6.45) is 11.5. The number of aliphatic hydroxyl groups is 3. The molecule has 3 aromatic carbocycles. The molecule has 0 amide bonds. The third kappa shape index (κ3) is 14.5. The molecule has 3 aliphatic carbocycles. The largest absolute Gasteiger partial charge is 0.421 e. The summed E-state index contributed by atoms with van der Waals surface area (Å²) in [5.74, 6) is 21.9. The van der Waals surface area contributed by atoms with Crippen molar-refractivity contribution in [3.05, 3.63) is 174 Å². The van der Waals surface area contributed by atoms with Crippen LogP contribution in [0.2, 0.25) is 0 Å². The Morgan fingerprint density at radius 2 is 0.846 bits per heavy atom. The Labute approximate surface area is 593 Å². The standard InChI is InChI=1S/2C25H25N7O3.C24H23N7O3/c1-3-18(28-22-21(17(26)11-12-27-22)24-31-30-14(2)35-24)23-29-19-8-4-6-15(7-5-13-33)20(19)25(34)32(23)16-9-10-16;1-3-18(29-22-21(17(26)11-12-27-22)24-28-14(2)31-35-24)23-30-19-8-4-6-15(7-5-13-33)20(19)25(34)32(23)16-9-10-16;1-13(27-21-20(17(25)10-11-26-21)23-28-14(2)30-34-23)22-29-18-7-3-5-15(6-4-12-32)19(18)24(33)31(22)16-8-9-16/h4,6,8,11-12,16,18,33H,3,9-10,13H2,1-2H3,(H3,26,27,28);4,6,8,11-12,16,18,33H,3,9-10,13H2,1-2H3,(H3,26,27,29);3,5,7,10-11,13,16,32H,8-9,12H2,1-2H3,(H3,25,26,27)/t2*18-;13-/m000/s1. The van der Waals surface area contributed by atoms with Crippen molar-refractivity contribution in [3.63, 3.8) is 0 Å². The molecule has 104 heavy (non-hydrogen) atoms. The highest BCUT2D eigenvalue weighted by atomic mass is 16.5. The molecule has 0 aliphatic heterocycles. The second-order valence-electron chi connectivity index (χ2n) is 25.0. The lowest BCUT2D eigenvalue weighted by atomic mass is 10.1. The zero-order valence-electron chi connectivity index (χ0n) is 57.6. The van der Waals surface area contributed by atoms with E-state index in [0.717, 1.165) is 38.5 Å². The fourth-order valence-corrected chi connectivity index (χ4v) is 12.3. The normalized spacial score (nSPS) is 13.9. The highest BCUT2D eigenvalue weighted by molar-refractivity contribution is 5.88. The van der Waals surface area contributed by atoms with Crippen molar-refractivity contribution in [2.45, 2.75) is 129 Å². The summed E-state index contributed by atoms with van der Waals surface area (Å²) in [6.45, 7) is 10.2. The average Bonchev–Trinajstić information content (AvgIpc) is 1.14. The van der Waals surface area contributed by atoms with E-state index < -0.39 is 0 Å². The minimum atomic E-state index is -0.387. The smallest absolute Gasteiger partial charge is 0.263 e. The van der Waals surface area contributed by atoms with Crippen molar-refractivity contribution in [3.8, 4) is 69.9 Å². The lowest BCUT2D eigenvalue weighted by Gasteiger charge is -2.23. The molecule has 3 atom stereocenters. The van der Waals surface area contributed by atoms with Gasteiger partial charge in [-0.25, -0.2) is 29.9 Å². The van der Waals surface area contributed by atoms with Gasteiger partial charge in [-0.1, -0.05) is 77.9 Å². The maximum Gasteiger partial charge on any atom is 0.263 e. The van der Waals surface area contributed by atoms with Gasteiger partial charge >= 0.3 is 0 Å². The monoisotopic (exact) mass is 1400 g/mol. The highest BCUT2D eigenvalue weighted by Gasteiger charge is 2.36. The van der Waals surface area contributed by atoms with Crippen LogP contribution >= 0.6 is 0 Å². The van der Waals surface area contributed by atoms with Gasteiger partial charge in [0.1, 0.15) is 71.4 Å². The molecule has 12 N–H and O–H groups in total. The van der Waals surface area contributed by atoms with Crippen LogP contribution in [0.4, 0.5) is 34.5 Å². The summed E-state index contributed by atoms with van der Waals surface area (Å²) in [6, 6.07) is 20.3. The quantitative estimate of drug-likeness (QED) is 0.0385. The summed E-state index contributed by atoms with van der Waals surface area (Å²) in [5.41, 5.74) is 24.5. The van der Waals surface area contributed by atoms with E-state index in [2.05, 4.69) is 96.9 Å². The molecule has 3 fully saturated rings. The van der Waals surface area contributed by atoms with E-state index in [-0.39, 0.29) is 90.4 Å². The number of hydrogen-bond donors (Lipinski definition) is 9. The Morgan fingerprint density at radius 3 is 1.17 bits per heavy atom. The summed E-state index contributed by atoms with van der Waals surface area (Å²) in [7, 11) is 0. The molecule has 0 unspecified atom stereocenters. The molecule has 12 aromatic rings. The van der Waals surface area contributed by atoms with Crippen LogP contribution in [0.5, 0.6) is 0 Å². The van der Waals surface area contributed by atoms with Gasteiger partial charge in [0.2, 0.25) is 5.89 Å². The molecule has 0 bridgehead atoms. The Bertz CT molecular complexity index is 5420. The SMILES string of the molecule is CC[C@H](Nc1nccc(N)c1-c1nc(C)no1)c1nc2cccc(C#CCO)c2c(=O)n1C1CC1.CC[C@H](Nc1nccc(N)c1-c1nnc(C)o1)c1nc2cccc(C#CCO)c2c(=O)n1C1CC1.Cc1noc(-c2c(N)ccnc2N[C@@H](C)c2nc3cccc(C#CCO)c3c(=O)n2C2CC2)n1. The van der Waals surface area contributed by atoms with Gasteiger partial charge in [-0.05, 0) is 127 Å². The number of nitrogens with one attached hydrogen (secondary N) is 3. The number of aromatic nitrogens is 15.